The first-order valence-corrected chi connectivity index (χ1v) is 3.43. The second kappa shape index (κ2) is 3.64. The largest absolute Gasteiger partial charge is 0.0862 e. The first-order chi connectivity index (χ1) is 5.34. The van der Waals surface area contributed by atoms with Crippen LogP contribution in [-0.4, -0.2) is 0 Å². The van der Waals surface area contributed by atoms with Crippen molar-refractivity contribution in [3.05, 3.63) is 46.3 Å². The summed E-state index contributed by atoms with van der Waals surface area (Å²) in [5, 5.41) is 3.58. The summed E-state index contributed by atoms with van der Waals surface area (Å²) < 4.78 is 0. The van der Waals surface area contributed by atoms with Crippen molar-refractivity contribution in [1.82, 2.24) is 0 Å². The normalized spacial score (nSPS) is 11.7. The molecule has 3 nitrogen and oxygen atoms in total. The maximum Gasteiger partial charge on any atom is 0.0597 e. The van der Waals surface area contributed by atoms with Gasteiger partial charge in [-0.15, -0.1) is 0 Å². The Morgan fingerprint density at radius 2 is 2.00 bits per heavy atom. The molecule has 0 amide bonds. The maximum atomic E-state index is 8.16. The van der Waals surface area contributed by atoms with Crippen molar-refractivity contribution in [1.29, 1.82) is 0 Å². The van der Waals surface area contributed by atoms with Crippen molar-refractivity contribution in [2.24, 2.45) is 5.11 Å². The van der Waals surface area contributed by atoms with Gasteiger partial charge in [-0.2, -0.15) is 0 Å². The molecule has 0 saturated heterocycles. The van der Waals surface area contributed by atoms with E-state index in [1.54, 1.807) is 0 Å². The maximum absolute atomic E-state index is 8.16. The van der Waals surface area contributed by atoms with E-state index in [0.717, 1.165) is 5.56 Å². The summed E-state index contributed by atoms with van der Waals surface area (Å²) in [6.07, 6.45) is 0. The lowest BCUT2D eigenvalue weighted by atomic mass is 10.1. The fraction of sp³-hybridized carbons (Fsp3) is 0.250. The molecule has 0 unspecified atom stereocenters. The second-order valence-electron chi connectivity index (χ2n) is 2.29. The van der Waals surface area contributed by atoms with Crippen molar-refractivity contribution < 1.29 is 0 Å². The molecule has 0 fully saturated rings. The average Bonchev–Trinajstić information content (AvgIpc) is 2.07. The first kappa shape index (κ1) is 7.63. The topological polar surface area (TPSA) is 48.8 Å². The highest BCUT2D eigenvalue weighted by Crippen LogP contribution is 2.15. The van der Waals surface area contributed by atoms with E-state index in [0.29, 0.717) is 0 Å². The number of azide groups is 1. The molecule has 3 heteroatoms. The highest BCUT2D eigenvalue weighted by atomic mass is 15.1. The molecule has 0 radical (unpaired) electrons. The molecule has 0 saturated carbocycles. The van der Waals surface area contributed by atoms with Crippen LogP contribution in [0, 0.1) is 0 Å². The van der Waals surface area contributed by atoms with Gasteiger partial charge in [0.05, 0.1) is 6.04 Å². The van der Waals surface area contributed by atoms with Gasteiger partial charge in [-0.05, 0) is 11.1 Å². The summed E-state index contributed by atoms with van der Waals surface area (Å²) >= 11 is 0. The molecule has 1 aromatic carbocycles. The van der Waals surface area contributed by atoms with E-state index in [1.165, 1.54) is 0 Å². The van der Waals surface area contributed by atoms with E-state index >= 15 is 0 Å². The zero-order valence-corrected chi connectivity index (χ0v) is 6.31. The molecule has 1 atom stereocenters. The standard InChI is InChI=1S/C8H9N3/c1-7(10-11-9)8-5-3-2-4-6-8/h2-7H,1H3/t7-/m1/s1. The minimum atomic E-state index is -0.0683. The Hall–Kier alpha value is -1.47. The van der Waals surface area contributed by atoms with Gasteiger partial charge in [0.2, 0.25) is 0 Å². The molecule has 1 aromatic rings. The quantitative estimate of drug-likeness (QED) is 0.350. The van der Waals surface area contributed by atoms with E-state index < -0.39 is 0 Å². The van der Waals surface area contributed by atoms with Gasteiger partial charge < -0.3 is 0 Å². The summed E-state index contributed by atoms with van der Waals surface area (Å²) in [4.78, 5) is 2.74. The van der Waals surface area contributed by atoms with E-state index in [-0.39, 0.29) is 6.04 Å². The summed E-state index contributed by atoms with van der Waals surface area (Å²) in [5.41, 5.74) is 9.20. The van der Waals surface area contributed by atoms with Gasteiger partial charge in [-0.25, -0.2) is 0 Å². The van der Waals surface area contributed by atoms with Crippen LogP contribution in [0.4, 0.5) is 0 Å². The van der Waals surface area contributed by atoms with E-state index in [4.69, 9.17) is 5.53 Å². The number of hydrogen-bond donors (Lipinski definition) is 0. The summed E-state index contributed by atoms with van der Waals surface area (Å²) in [7, 11) is 0. The Balaban J connectivity index is 2.84. The lowest BCUT2D eigenvalue weighted by Gasteiger charge is -2.01. The van der Waals surface area contributed by atoms with E-state index in [1.807, 2.05) is 37.3 Å². The van der Waals surface area contributed by atoms with E-state index in [2.05, 4.69) is 10.0 Å². The molecule has 0 N–H and O–H groups in total. The van der Waals surface area contributed by atoms with Gasteiger partial charge in [-0.1, -0.05) is 42.4 Å². The fourth-order valence-electron chi connectivity index (χ4n) is 0.876. The molecule has 56 valence electrons. The van der Waals surface area contributed by atoms with Crippen LogP contribution in [0.25, 0.3) is 10.4 Å². The third-order valence-corrected chi connectivity index (χ3v) is 1.51. The van der Waals surface area contributed by atoms with Crippen molar-refractivity contribution in [2.75, 3.05) is 0 Å². The minimum Gasteiger partial charge on any atom is -0.0862 e. The Morgan fingerprint density at radius 1 is 1.36 bits per heavy atom. The van der Waals surface area contributed by atoms with Gasteiger partial charge in [0, 0.05) is 4.91 Å². The van der Waals surface area contributed by atoms with Crippen LogP contribution < -0.4 is 0 Å². The smallest absolute Gasteiger partial charge is 0.0597 e. The van der Waals surface area contributed by atoms with Gasteiger partial charge in [0.15, 0.2) is 0 Å². The van der Waals surface area contributed by atoms with Crippen LogP contribution in [0.2, 0.25) is 0 Å². The predicted octanol–water partition coefficient (Wildman–Crippen LogP) is 3.06. The Morgan fingerprint density at radius 3 is 2.55 bits per heavy atom. The molecule has 0 aromatic heterocycles. The van der Waals surface area contributed by atoms with Crippen molar-refractivity contribution >= 4 is 0 Å². The number of rotatable bonds is 2. The molecule has 0 bridgehead atoms. The van der Waals surface area contributed by atoms with Crippen LogP contribution in [0.3, 0.4) is 0 Å². The summed E-state index contributed by atoms with van der Waals surface area (Å²) in [5.74, 6) is 0. The Bertz CT molecular complexity index is 262. The summed E-state index contributed by atoms with van der Waals surface area (Å²) in [6, 6.07) is 9.61. The van der Waals surface area contributed by atoms with E-state index in [9.17, 15) is 0 Å². The molecule has 0 aliphatic carbocycles. The van der Waals surface area contributed by atoms with Crippen LogP contribution in [0.5, 0.6) is 0 Å². The number of nitrogens with zero attached hydrogens (tertiary/aromatic N) is 3. The number of hydrogen-bond acceptors (Lipinski definition) is 1. The first-order valence-electron chi connectivity index (χ1n) is 3.43. The number of benzene rings is 1. The lowest BCUT2D eigenvalue weighted by Crippen LogP contribution is -1.85. The molecule has 0 heterocycles. The molecular formula is C8H9N3. The van der Waals surface area contributed by atoms with Gasteiger partial charge in [0.1, 0.15) is 0 Å². The third-order valence-electron chi connectivity index (χ3n) is 1.51. The Kier molecular flexibility index (Phi) is 2.53. The molecule has 0 aliphatic heterocycles. The van der Waals surface area contributed by atoms with Crippen LogP contribution in [0.15, 0.2) is 35.4 Å². The molecule has 0 spiro atoms. The van der Waals surface area contributed by atoms with Crippen molar-refractivity contribution in [3.8, 4) is 0 Å². The predicted molar refractivity (Wildman–Crippen MR) is 44.0 cm³/mol. The van der Waals surface area contributed by atoms with Crippen LogP contribution in [-0.2, 0) is 0 Å². The van der Waals surface area contributed by atoms with Gasteiger partial charge >= 0.3 is 0 Å². The lowest BCUT2D eigenvalue weighted by molar-refractivity contribution is 0.808. The molecule has 11 heavy (non-hydrogen) atoms. The zero-order chi connectivity index (χ0) is 8.10. The minimum absolute atomic E-state index is 0.0683. The molecular weight excluding hydrogens is 138 g/mol. The highest BCUT2D eigenvalue weighted by Gasteiger charge is 1.98. The average molecular weight is 147 g/mol. The van der Waals surface area contributed by atoms with Gasteiger partial charge in [-0.3, -0.25) is 0 Å². The van der Waals surface area contributed by atoms with Crippen LogP contribution >= 0.6 is 0 Å². The monoisotopic (exact) mass is 147 g/mol. The molecule has 0 aliphatic rings. The third kappa shape index (κ3) is 1.99. The summed E-state index contributed by atoms with van der Waals surface area (Å²) in [6.45, 7) is 1.87. The van der Waals surface area contributed by atoms with Gasteiger partial charge in [0.25, 0.3) is 0 Å². The molecule has 1 rings (SSSR count). The second-order valence-corrected chi connectivity index (χ2v) is 2.29. The van der Waals surface area contributed by atoms with Crippen molar-refractivity contribution in [2.45, 2.75) is 13.0 Å². The van der Waals surface area contributed by atoms with Crippen LogP contribution in [0.1, 0.15) is 18.5 Å². The highest BCUT2D eigenvalue weighted by molar-refractivity contribution is 5.17. The van der Waals surface area contributed by atoms with Crippen molar-refractivity contribution in [3.63, 3.8) is 0 Å². The fourth-order valence-corrected chi connectivity index (χ4v) is 0.876. The Labute approximate surface area is 65.3 Å². The SMILES string of the molecule is C[C@@H](N=[N+]=[N-])c1ccccc1. The zero-order valence-electron chi connectivity index (χ0n) is 6.31.